The van der Waals surface area contributed by atoms with Crippen LogP contribution >= 0.6 is 0 Å². The smallest absolute Gasteiger partial charge is 0.231 e. The molecule has 0 aliphatic heterocycles. The zero-order valence-corrected chi connectivity index (χ0v) is 13.0. The van der Waals surface area contributed by atoms with Gasteiger partial charge in [-0.25, -0.2) is 0 Å². The van der Waals surface area contributed by atoms with Gasteiger partial charge in [0.25, 0.3) is 0 Å². The second-order valence-electron chi connectivity index (χ2n) is 6.62. The lowest BCUT2D eigenvalue weighted by Gasteiger charge is -2.32. The molecule has 2 unspecified atom stereocenters. The molecule has 0 radical (unpaired) electrons. The van der Waals surface area contributed by atoms with E-state index in [1.54, 1.807) is 7.11 Å². The molecule has 118 valence electrons. The van der Waals surface area contributed by atoms with Crippen molar-refractivity contribution in [2.24, 2.45) is 5.73 Å². The van der Waals surface area contributed by atoms with Crippen LogP contribution in [0, 0.1) is 0 Å². The van der Waals surface area contributed by atoms with Crippen LogP contribution < -0.4 is 5.73 Å². The summed E-state index contributed by atoms with van der Waals surface area (Å²) in [7, 11) is 1.76. The largest absolute Gasteiger partial charge is 0.370 e. The van der Waals surface area contributed by atoms with Crippen LogP contribution in [0.1, 0.15) is 81.8 Å². The van der Waals surface area contributed by atoms with Crippen molar-refractivity contribution >= 4 is 0 Å². The first-order chi connectivity index (χ1) is 10.2. The lowest BCUT2D eigenvalue weighted by atomic mass is 9.84. The zero-order chi connectivity index (χ0) is 14.7. The Labute approximate surface area is 126 Å². The molecule has 3 rings (SSSR count). The lowest BCUT2D eigenvalue weighted by Crippen LogP contribution is -2.32. The summed E-state index contributed by atoms with van der Waals surface area (Å²) >= 11 is 0. The maximum atomic E-state index is 6.31. The Bertz CT molecular complexity index is 454. The van der Waals surface area contributed by atoms with E-state index in [-0.39, 0.29) is 17.6 Å². The molecule has 0 bridgehead atoms. The molecular weight excluding hydrogens is 266 g/mol. The molecule has 0 saturated heterocycles. The van der Waals surface area contributed by atoms with Crippen LogP contribution in [0.4, 0.5) is 0 Å². The minimum absolute atomic E-state index is 0.144. The van der Waals surface area contributed by atoms with E-state index in [4.69, 9.17) is 20.0 Å². The summed E-state index contributed by atoms with van der Waals surface area (Å²) in [4.78, 5) is 4.71. The Morgan fingerprint density at radius 2 is 1.81 bits per heavy atom. The van der Waals surface area contributed by atoms with Gasteiger partial charge in [-0.05, 0) is 25.7 Å². The third kappa shape index (κ3) is 2.99. The van der Waals surface area contributed by atoms with Crippen molar-refractivity contribution in [2.75, 3.05) is 7.11 Å². The number of nitrogens with zero attached hydrogens (tertiary/aromatic N) is 2. The molecule has 0 spiro atoms. The van der Waals surface area contributed by atoms with E-state index in [0.29, 0.717) is 0 Å². The second-order valence-corrected chi connectivity index (χ2v) is 6.62. The minimum atomic E-state index is -0.338. The molecule has 2 aliphatic rings. The summed E-state index contributed by atoms with van der Waals surface area (Å²) in [6, 6.07) is 0.144. The van der Waals surface area contributed by atoms with Gasteiger partial charge in [-0.3, -0.25) is 0 Å². The number of ether oxygens (including phenoxy) is 1. The van der Waals surface area contributed by atoms with Crippen LogP contribution in [0.25, 0.3) is 0 Å². The third-order valence-corrected chi connectivity index (χ3v) is 5.29. The van der Waals surface area contributed by atoms with Crippen LogP contribution in [0.15, 0.2) is 4.52 Å². The number of nitrogens with two attached hydrogens (primary N) is 1. The fraction of sp³-hybridized carbons (Fsp3) is 0.875. The van der Waals surface area contributed by atoms with Crippen LogP contribution in [-0.2, 0) is 10.3 Å². The van der Waals surface area contributed by atoms with Crippen molar-refractivity contribution in [3.05, 3.63) is 11.7 Å². The molecule has 2 aliphatic carbocycles. The highest BCUT2D eigenvalue weighted by Gasteiger charge is 2.39. The van der Waals surface area contributed by atoms with Crippen molar-refractivity contribution in [1.29, 1.82) is 0 Å². The Morgan fingerprint density at radius 1 is 1.10 bits per heavy atom. The van der Waals surface area contributed by atoms with E-state index in [9.17, 15) is 0 Å². The van der Waals surface area contributed by atoms with Gasteiger partial charge >= 0.3 is 0 Å². The molecule has 2 fully saturated rings. The van der Waals surface area contributed by atoms with E-state index in [1.807, 2.05) is 0 Å². The standard InChI is InChI=1S/C16H27N3O2/c1-20-16(10-6-3-7-11-16)15-18-14(21-19-15)12-8-4-2-5-9-13(12)17/h12-13H,2-11,17H2,1H3. The van der Waals surface area contributed by atoms with Gasteiger partial charge in [-0.15, -0.1) is 0 Å². The Morgan fingerprint density at radius 3 is 2.57 bits per heavy atom. The van der Waals surface area contributed by atoms with Gasteiger partial charge in [-0.2, -0.15) is 4.98 Å². The minimum Gasteiger partial charge on any atom is -0.370 e. The van der Waals surface area contributed by atoms with Crippen LogP contribution in [-0.4, -0.2) is 23.3 Å². The first-order valence-corrected chi connectivity index (χ1v) is 8.40. The van der Waals surface area contributed by atoms with E-state index in [0.717, 1.165) is 37.4 Å². The SMILES string of the molecule is COC1(c2noc(C3CCCCCC3N)n2)CCCCC1. The van der Waals surface area contributed by atoms with E-state index >= 15 is 0 Å². The van der Waals surface area contributed by atoms with Gasteiger partial charge in [-0.1, -0.05) is 43.7 Å². The normalized spacial score (nSPS) is 30.0. The fourth-order valence-corrected chi connectivity index (χ4v) is 3.86. The molecule has 2 N–H and O–H groups in total. The maximum Gasteiger partial charge on any atom is 0.231 e. The summed E-state index contributed by atoms with van der Waals surface area (Å²) in [5, 5.41) is 4.26. The quantitative estimate of drug-likeness (QED) is 0.866. The fourth-order valence-electron chi connectivity index (χ4n) is 3.86. The van der Waals surface area contributed by atoms with Crippen molar-refractivity contribution in [3.8, 4) is 0 Å². The van der Waals surface area contributed by atoms with Crippen LogP contribution in [0.3, 0.4) is 0 Å². The van der Waals surface area contributed by atoms with Crippen LogP contribution in [0.2, 0.25) is 0 Å². The highest BCUT2D eigenvalue weighted by Crippen LogP contribution is 2.39. The lowest BCUT2D eigenvalue weighted by molar-refractivity contribution is -0.0527. The van der Waals surface area contributed by atoms with Crippen molar-refractivity contribution in [2.45, 2.75) is 81.8 Å². The second kappa shape index (κ2) is 6.44. The number of hydrogen-bond acceptors (Lipinski definition) is 5. The molecular formula is C16H27N3O2. The molecule has 1 aromatic heterocycles. The average molecular weight is 293 g/mol. The molecule has 21 heavy (non-hydrogen) atoms. The number of hydrogen-bond donors (Lipinski definition) is 1. The molecule has 5 nitrogen and oxygen atoms in total. The number of rotatable bonds is 3. The number of aromatic nitrogens is 2. The predicted molar refractivity (Wildman–Crippen MR) is 79.9 cm³/mol. The highest BCUT2D eigenvalue weighted by molar-refractivity contribution is 5.07. The topological polar surface area (TPSA) is 74.2 Å². The maximum absolute atomic E-state index is 6.31. The third-order valence-electron chi connectivity index (χ3n) is 5.29. The molecule has 1 aromatic rings. The summed E-state index contributed by atoms with van der Waals surface area (Å²) < 4.78 is 11.4. The molecule has 5 heteroatoms. The molecule has 0 amide bonds. The van der Waals surface area contributed by atoms with Crippen LogP contribution in [0.5, 0.6) is 0 Å². The van der Waals surface area contributed by atoms with E-state index in [1.165, 1.54) is 38.5 Å². The van der Waals surface area contributed by atoms with Gasteiger partial charge in [0, 0.05) is 13.2 Å². The summed E-state index contributed by atoms with van der Waals surface area (Å²) in [5.41, 5.74) is 5.97. The summed E-state index contributed by atoms with van der Waals surface area (Å²) in [6.07, 6.45) is 11.4. The number of methoxy groups -OCH3 is 1. The van der Waals surface area contributed by atoms with Gasteiger partial charge < -0.3 is 15.0 Å². The van der Waals surface area contributed by atoms with Crippen molar-refractivity contribution < 1.29 is 9.26 Å². The van der Waals surface area contributed by atoms with Gasteiger partial charge in [0.2, 0.25) is 11.7 Å². The van der Waals surface area contributed by atoms with Gasteiger partial charge in [0.05, 0.1) is 5.92 Å². The molecule has 2 atom stereocenters. The first-order valence-electron chi connectivity index (χ1n) is 8.40. The van der Waals surface area contributed by atoms with E-state index < -0.39 is 0 Å². The summed E-state index contributed by atoms with van der Waals surface area (Å²) in [5.74, 6) is 1.67. The zero-order valence-electron chi connectivity index (χ0n) is 13.0. The Kier molecular flexibility index (Phi) is 4.60. The van der Waals surface area contributed by atoms with Gasteiger partial charge in [0.1, 0.15) is 5.60 Å². The monoisotopic (exact) mass is 293 g/mol. The molecule has 0 aromatic carbocycles. The van der Waals surface area contributed by atoms with Gasteiger partial charge in [0.15, 0.2) is 0 Å². The first kappa shape index (κ1) is 15.0. The summed E-state index contributed by atoms with van der Waals surface area (Å²) in [6.45, 7) is 0. The Balaban J connectivity index is 1.81. The molecule has 1 heterocycles. The average Bonchev–Trinajstić information content (AvgIpc) is 2.92. The molecule has 2 saturated carbocycles. The van der Waals surface area contributed by atoms with Crippen molar-refractivity contribution in [1.82, 2.24) is 10.1 Å². The van der Waals surface area contributed by atoms with Crippen molar-refractivity contribution in [3.63, 3.8) is 0 Å². The predicted octanol–water partition coefficient (Wildman–Crippen LogP) is 3.25. The van der Waals surface area contributed by atoms with E-state index in [2.05, 4.69) is 5.16 Å². The highest BCUT2D eigenvalue weighted by atomic mass is 16.5. The Hall–Kier alpha value is -0.940.